The van der Waals surface area contributed by atoms with Crippen molar-refractivity contribution in [3.05, 3.63) is 29.8 Å². The highest BCUT2D eigenvalue weighted by atomic mass is 19.2. The summed E-state index contributed by atoms with van der Waals surface area (Å²) in [5, 5.41) is 2.87. The molecule has 2 fully saturated rings. The molecule has 0 radical (unpaired) electrons. The summed E-state index contributed by atoms with van der Waals surface area (Å²) in [6.07, 6.45) is -0.137. The molecule has 0 aromatic heterocycles. The van der Waals surface area contributed by atoms with Gasteiger partial charge in [0.15, 0.2) is 11.6 Å². The number of hydrogen-bond donors (Lipinski definition) is 1. The molecule has 0 bridgehead atoms. The van der Waals surface area contributed by atoms with Crippen LogP contribution < -0.4 is 10.1 Å². The van der Waals surface area contributed by atoms with E-state index in [4.69, 9.17) is 9.47 Å². The van der Waals surface area contributed by atoms with Gasteiger partial charge >= 0.3 is 12.1 Å². The molecule has 5 amide bonds. The lowest BCUT2D eigenvalue weighted by molar-refractivity contribution is -0.141. The molecule has 2 aliphatic heterocycles. The Bertz CT molecular complexity index is 1250. The van der Waals surface area contributed by atoms with E-state index in [1.54, 1.807) is 51.6 Å². The van der Waals surface area contributed by atoms with Crippen LogP contribution in [0.2, 0.25) is 0 Å². The van der Waals surface area contributed by atoms with Gasteiger partial charge in [0.25, 0.3) is 0 Å². The summed E-state index contributed by atoms with van der Waals surface area (Å²) < 4.78 is 38.5. The minimum atomic E-state index is -1.04. The predicted molar refractivity (Wildman–Crippen MR) is 160 cm³/mol. The van der Waals surface area contributed by atoms with Gasteiger partial charge in [-0.15, -0.1) is 0 Å². The summed E-state index contributed by atoms with van der Waals surface area (Å²) in [4.78, 5) is 59.4. The minimum Gasteiger partial charge on any atom is -0.493 e. The van der Waals surface area contributed by atoms with Gasteiger partial charge in [0.1, 0.15) is 23.4 Å². The Balaban J connectivity index is 1.84. The zero-order valence-corrected chi connectivity index (χ0v) is 27.4. The third kappa shape index (κ3) is 7.89. The van der Waals surface area contributed by atoms with Crippen LogP contribution >= 0.6 is 0 Å². The molecular weight excluding hydrogens is 576 g/mol. The van der Waals surface area contributed by atoms with Gasteiger partial charge in [0.2, 0.25) is 11.8 Å². The van der Waals surface area contributed by atoms with Gasteiger partial charge in [0, 0.05) is 46.2 Å². The number of urea groups is 1. The van der Waals surface area contributed by atoms with E-state index in [0.717, 1.165) is 12.1 Å². The summed E-state index contributed by atoms with van der Waals surface area (Å²) in [7, 11) is 4.77. The molecule has 44 heavy (non-hydrogen) atoms. The van der Waals surface area contributed by atoms with Crippen molar-refractivity contribution < 1.29 is 37.4 Å². The molecule has 2 aliphatic rings. The maximum Gasteiger partial charge on any atom is 0.410 e. The maximum atomic E-state index is 14.3. The van der Waals surface area contributed by atoms with Crippen molar-refractivity contribution in [3.8, 4) is 5.75 Å². The molecule has 0 unspecified atom stereocenters. The molecule has 2 saturated heterocycles. The van der Waals surface area contributed by atoms with E-state index in [2.05, 4.69) is 5.32 Å². The fourth-order valence-electron chi connectivity index (χ4n) is 5.60. The zero-order valence-electron chi connectivity index (χ0n) is 27.4. The van der Waals surface area contributed by atoms with Gasteiger partial charge in [-0.25, -0.2) is 18.4 Å². The van der Waals surface area contributed by atoms with Crippen LogP contribution in [0.4, 0.5) is 18.4 Å². The first-order chi connectivity index (χ1) is 20.2. The van der Waals surface area contributed by atoms with Crippen molar-refractivity contribution in [2.24, 2.45) is 11.3 Å². The van der Waals surface area contributed by atoms with Crippen molar-refractivity contribution >= 4 is 23.9 Å². The fourth-order valence-corrected chi connectivity index (χ4v) is 5.60. The monoisotopic (exact) mass is 623 g/mol. The molecule has 1 aromatic carbocycles. The second kappa shape index (κ2) is 13.2. The molecule has 3 rings (SSSR count). The molecule has 0 aliphatic carbocycles. The molecule has 1 aromatic rings. The average molecular weight is 624 g/mol. The van der Waals surface area contributed by atoms with Crippen LogP contribution in [-0.4, -0.2) is 114 Å². The third-order valence-corrected chi connectivity index (χ3v) is 8.04. The Morgan fingerprint density at radius 3 is 2.20 bits per heavy atom. The Kier molecular flexibility index (Phi) is 10.4. The molecule has 0 saturated carbocycles. The van der Waals surface area contributed by atoms with Crippen LogP contribution in [0.15, 0.2) is 18.2 Å². The van der Waals surface area contributed by atoms with Gasteiger partial charge in [-0.2, -0.15) is 0 Å². The number of benzene rings is 1. The Morgan fingerprint density at radius 1 is 1.02 bits per heavy atom. The van der Waals surface area contributed by atoms with Crippen molar-refractivity contribution in [2.45, 2.75) is 84.7 Å². The Morgan fingerprint density at radius 2 is 1.66 bits per heavy atom. The maximum absolute atomic E-state index is 14.3. The standard InChI is InChI=1S/C31H47F2N5O6/c1-18(36(10)29(42)44-31(5,6)7)26(39)34-25(30(2,3)4)27(40)37-14-13-23-24(37)19(16-38(23)28(41)35(8)9)17-43-20-11-12-21(32)22(33)15-20/h11-12,15,18-19,23-25H,13-14,16-17H2,1-10H3,(H,34,39)/t18-,19+,23+,24+,25+/m0/s1. The molecule has 246 valence electrons. The number of rotatable bonds is 7. The smallest absolute Gasteiger partial charge is 0.410 e. The molecule has 13 heteroatoms. The van der Waals surface area contributed by atoms with Gasteiger partial charge in [-0.1, -0.05) is 20.8 Å². The van der Waals surface area contributed by atoms with Gasteiger partial charge < -0.3 is 29.5 Å². The Hall–Kier alpha value is -3.64. The lowest BCUT2D eigenvalue weighted by Gasteiger charge is -2.38. The van der Waals surface area contributed by atoms with E-state index in [1.165, 1.54) is 22.9 Å². The van der Waals surface area contributed by atoms with Crippen LogP contribution in [0.3, 0.4) is 0 Å². The first-order valence-corrected chi connectivity index (χ1v) is 14.9. The van der Waals surface area contributed by atoms with Crippen LogP contribution in [0, 0.1) is 23.0 Å². The second-order valence-electron chi connectivity index (χ2n) is 13.9. The number of hydrogen-bond acceptors (Lipinski definition) is 6. The van der Waals surface area contributed by atoms with E-state index in [9.17, 15) is 28.0 Å². The van der Waals surface area contributed by atoms with E-state index < -0.39 is 52.8 Å². The highest BCUT2D eigenvalue weighted by Crippen LogP contribution is 2.38. The quantitative estimate of drug-likeness (QED) is 0.496. The summed E-state index contributed by atoms with van der Waals surface area (Å²) >= 11 is 0. The van der Waals surface area contributed by atoms with Crippen LogP contribution in [0.25, 0.3) is 0 Å². The van der Waals surface area contributed by atoms with Crippen molar-refractivity contribution in [1.29, 1.82) is 0 Å². The number of likely N-dealkylation sites (N-methyl/N-ethyl adjacent to an activating group) is 1. The Labute approximate surface area is 258 Å². The number of nitrogens with one attached hydrogen (secondary N) is 1. The van der Waals surface area contributed by atoms with Gasteiger partial charge in [-0.3, -0.25) is 14.5 Å². The highest BCUT2D eigenvalue weighted by Gasteiger charge is 2.54. The molecule has 5 atom stereocenters. The lowest BCUT2D eigenvalue weighted by atomic mass is 9.85. The molecular formula is C31H47F2N5O6. The first-order valence-electron chi connectivity index (χ1n) is 14.9. The molecule has 2 heterocycles. The first kappa shape index (κ1) is 34.8. The van der Waals surface area contributed by atoms with Gasteiger partial charge in [-0.05, 0) is 51.7 Å². The van der Waals surface area contributed by atoms with E-state index in [1.807, 2.05) is 20.8 Å². The molecule has 0 spiro atoms. The second-order valence-corrected chi connectivity index (χ2v) is 13.9. The predicted octanol–water partition coefficient (Wildman–Crippen LogP) is 3.71. The van der Waals surface area contributed by atoms with E-state index >= 15 is 0 Å². The number of amides is 5. The topological polar surface area (TPSA) is 112 Å². The summed E-state index contributed by atoms with van der Waals surface area (Å²) in [6.45, 7) is 13.0. The number of likely N-dealkylation sites (tertiary alicyclic amines) is 2. The minimum absolute atomic E-state index is 0.0531. The van der Waals surface area contributed by atoms with E-state index in [-0.39, 0.29) is 36.3 Å². The number of fused-ring (bicyclic) bond motifs is 1. The molecule has 11 nitrogen and oxygen atoms in total. The third-order valence-electron chi connectivity index (χ3n) is 8.04. The number of nitrogens with zero attached hydrogens (tertiary/aromatic N) is 4. The van der Waals surface area contributed by atoms with Crippen LogP contribution in [0.5, 0.6) is 5.75 Å². The lowest BCUT2D eigenvalue weighted by Crippen LogP contribution is -2.60. The van der Waals surface area contributed by atoms with Crippen molar-refractivity contribution in [2.75, 3.05) is 40.8 Å². The summed E-state index contributed by atoms with van der Waals surface area (Å²) in [6, 6.07) is 0.466. The van der Waals surface area contributed by atoms with E-state index in [0.29, 0.717) is 19.5 Å². The number of carbonyl (C=O) groups is 4. The number of carbonyl (C=O) groups excluding carboxylic acids is 4. The average Bonchev–Trinajstić information content (AvgIpc) is 3.50. The van der Waals surface area contributed by atoms with Crippen molar-refractivity contribution in [3.63, 3.8) is 0 Å². The summed E-state index contributed by atoms with van der Waals surface area (Å²) in [5.41, 5.74) is -1.45. The zero-order chi connectivity index (χ0) is 33.3. The number of halogens is 2. The fraction of sp³-hybridized carbons (Fsp3) is 0.677. The SMILES string of the molecule is C[C@@H](C(=O)N[C@H](C(=O)N1CC[C@@H]2[C@H]1[C@@H](COc1ccc(F)c(F)c1)CN2C(=O)N(C)C)C(C)(C)C)N(C)C(=O)OC(C)(C)C. The van der Waals surface area contributed by atoms with Crippen LogP contribution in [-0.2, 0) is 14.3 Å². The highest BCUT2D eigenvalue weighted by molar-refractivity contribution is 5.92. The van der Waals surface area contributed by atoms with Crippen LogP contribution in [0.1, 0.15) is 54.9 Å². The summed E-state index contributed by atoms with van der Waals surface area (Å²) in [5.74, 6) is -3.06. The number of ether oxygens (including phenoxy) is 2. The largest absolute Gasteiger partial charge is 0.493 e. The van der Waals surface area contributed by atoms with Gasteiger partial charge in [0.05, 0.1) is 18.7 Å². The normalized spacial score (nSPS) is 21.3. The molecule has 1 N–H and O–H groups in total. The van der Waals surface area contributed by atoms with Crippen molar-refractivity contribution in [1.82, 2.24) is 24.9 Å².